The molecule has 1 aliphatic carbocycles. The third kappa shape index (κ3) is 3.72. The summed E-state index contributed by atoms with van der Waals surface area (Å²) in [6.07, 6.45) is 3.84. The maximum absolute atomic E-state index is 3.84. The summed E-state index contributed by atoms with van der Waals surface area (Å²) in [6.45, 7) is 2.30. The second-order valence-corrected chi connectivity index (χ2v) is 7.62. The summed E-state index contributed by atoms with van der Waals surface area (Å²) in [5, 5.41) is 6.03. The van der Waals surface area contributed by atoms with Crippen molar-refractivity contribution in [2.24, 2.45) is 5.92 Å². The molecule has 0 radical (unpaired) electrons. The highest BCUT2D eigenvalue weighted by Crippen LogP contribution is 2.42. The molecule has 3 heteroatoms. The van der Waals surface area contributed by atoms with Gasteiger partial charge in [-0.05, 0) is 61.2 Å². The summed E-state index contributed by atoms with van der Waals surface area (Å²) in [6, 6.07) is 14.2. The Morgan fingerprint density at radius 1 is 1.25 bits per heavy atom. The monoisotopic (exact) mass is 349 g/mol. The average Bonchev–Trinajstić information content (AvgIpc) is 3.13. The molecule has 1 N–H and O–H groups in total. The zero-order valence-corrected chi connectivity index (χ0v) is 14.1. The maximum Gasteiger partial charge on any atom is 0.0445 e. The topological polar surface area (TPSA) is 12.0 Å². The van der Waals surface area contributed by atoms with Crippen LogP contribution >= 0.6 is 27.3 Å². The molecule has 1 fully saturated rings. The Kier molecular flexibility index (Phi) is 4.59. The molecule has 0 aliphatic heterocycles. The van der Waals surface area contributed by atoms with Gasteiger partial charge in [0.25, 0.3) is 0 Å². The first-order valence-electron chi connectivity index (χ1n) is 7.26. The standard InChI is InChI=1S/C17H20BrNS/c1-12(11-13-4-8-15(18)9-5-13)19-17(14-6-7-14)16-3-2-10-20-16/h2-5,8-10,12,14,17,19H,6-7,11H2,1H3. The first kappa shape index (κ1) is 14.3. The molecule has 2 atom stereocenters. The molecule has 1 aromatic carbocycles. The van der Waals surface area contributed by atoms with E-state index in [9.17, 15) is 0 Å². The Balaban J connectivity index is 1.62. The molecule has 20 heavy (non-hydrogen) atoms. The highest BCUT2D eigenvalue weighted by atomic mass is 79.9. The lowest BCUT2D eigenvalue weighted by molar-refractivity contribution is 0.422. The van der Waals surface area contributed by atoms with Crippen LogP contribution in [0.2, 0.25) is 0 Å². The summed E-state index contributed by atoms with van der Waals surface area (Å²) in [5.41, 5.74) is 1.40. The highest BCUT2D eigenvalue weighted by Gasteiger charge is 2.33. The Morgan fingerprint density at radius 2 is 2.00 bits per heavy atom. The van der Waals surface area contributed by atoms with Crippen molar-refractivity contribution in [2.75, 3.05) is 0 Å². The van der Waals surface area contributed by atoms with E-state index < -0.39 is 0 Å². The quantitative estimate of drug-likeness (QED) is 0.757. The zero-order chi connectivity index (χ0) is 13.9. The van der Waals surface area contributed by atoms with Crippen LogP contribution in [0.1, 0.15) is 36.2 Å². The highest BCUT2D eigenvalue weighted by molar-refractivity contribution is 9.10. The van der Waals surface area contributed by atoms with Crippen molar-refractivity contribution in [3.8, 4) is 0 Å². The lowest BCUT2D eigenvalue weighted by Gasteiger charge is -2.22. The van der Waals surface area contributed by atoms with Crippen LogP contribution < -0.4 is 5.32 Å². The second kappa shape index (κ2) is 6.42. The predicted molar refractivity (Wildman–Crippen MR) is 90.2 cm³/mol. The number of thiophene rings is 1. The van der Waals surface area contributed by atoms with Crippen LogP contribution in [-0.2, 0) is 6.42 Å². The number of nitrogens with one attached hydrogen (secondary N) is 1. The van der Waals surface area contributed by atoms with E-state index in [0.717, 1.165) is 16.8 Å². The molecule has 1 aromatic heterocycles. The van der Waals surface area contributed by atoms with Gasteiger partial charge in [-0.25, -0.2) is 0 Å². The maximum atomic E-state index is 3.84. The smallest absolute Gasteiger partial charge is 0.0445 e. The SMILES string of the molecule is CC(Cc1ccc(Br)cc1)NC(c1cccs1)C1CC1. The van der Waals surface area contributed by atoms with Gasteiger partial charge in [0.15, 0.2) is 0 Å². The normalized spacial score (nSPS) is 17.9. The fourth-order valence-corrected chi connectivity index (χ4v) is 3.83. The first-order valence-corrected chi connectivity index (χ1v) is 8.93. The molecule has 1 nitrogen and oxygen atoms in total. The van der Waals surface area contributed by atoms with Gasteiger partial charge < -0.3 is 5.32 Å². The van der Waals surface area contributed by atoms with Crippen molar-refractivity contribution in [2.45, 2.75) is 38.3 Å². The molecule has 0 saturated heterocycles. The van der Waals surface area contributed by atoms with Gasteiger partial charge in [0.05, 0.1) is 0 Å². The predicted octanol–water partition coefficient (Wildman–Crippen LogP) is 5.18. The Morgan fingerprint density at radius 3 is 2.60 bits per heavy atom. The molecule has 0 amide bonds. The Hall–Kier alpha value is -0.640. The summed E-state index contributed by atoms with van der Waals surface area (Å²) in [7, 11) is 0. The molecule has 0 spiro atoms. The lowest BCUT2D eigenvalue weighted by Crippen LogP contribution is -2.32. The summed E-state index contributed by atoms with van der Waals surface area (Å²) < 4.78 is 1.15. The van der Waals surface area contributed by atoms with Crippen LogP contribution in [0.25, 0.3) is 0 Å². The van der Waals surface area contributed by atoms with E-state index in [-0.39, 0.29) is 0 Å². The van der Waals surface area contributed by atoms with Gasteiger partial charge in [-0.2, -0.15) is 0 Å². The Bertz CT molecular complexity index is 531. The van der Waals surface area contributed by atoms with Gasteiger partial charge in [-0.3, -0.25) is 0 Å². The molecule has 2 aromatic rings. The van der Waals surface area contributed by atoms with E-state index in [4.69, 9.17) is 0 Å². The van der Waals surface area contributed by atoms with Crippen molar-refractivity contribution in [3.63, 3.8) is 0 Å². The van der Waals surface area contributed by atoms with E-state index >= 15 is 0 Å². The van der Waals surface area contributed by atoms with Gasteiger partial charge in [-0.15, -0.1) is 11.3 Å². The van der Waals surface area contributed by atoms with Gasteiger partial charge in [0.1, 0.15) is 0 Å². The van der Waals surface area contributed by atoms with Crippen molar-refractivity contribution in [3.05, 3.63) is 56.7 Å². The number of halogens is 1. The van der Waals surface area contributed by atoms with Crippen LogP contribution in [0, 0.1) is 5.92 Å². The largest absolute Gasteiger partial charge is 0.306 e. The van der Waals surface area contributed by atoms with E-state index in [1.54, 1.807) is 0 Å². The molecular formula is C17H20BrNS. The van der Waals surface area contributed by atoms with Crippen molar-refractivity contribution >= 4 is 27.3 Å². The fraction of sp³-hybridized carbons (Fsp3) is 0.412. The second-order valence-electron chi connectivity index (χ2n) is 5.73. The third-order valence-electron chi connectivity index (χ3n) is 3.86. The Labute approximate surface area is 133 Å². The molecule has 1 saturated carbocycles. The number of hydrogen-bond acceptors (Lipinski definition) is 2. The molecule has 1 aliphatic rings. The van der Waals surface area contributed by atoms with E-state index in [1.807, 2.05) is 11.3 Å². The average molecular weight is 350 g/mol. The summed E-state index contributed by atoms with van der Waals surface area (Å²) in [4.78, 5) is 1.50. The molecule has 106 valence electrons. The first-order chi connectivity index (χ1) is 9.72. The number of hydrogen-bond donors (Lipinski definition) is 1. The molecule has 2 unspecified atom stereocenters. The lowest BCUT2D eigenvalue weighted by atomic mass is 10.0. The van der Waals surface area contributed by atoms with E-state index in [0.29, 0.717) is 12.1 Å². The van der Waals surface area contributed by atoms with Crippen LogP contribution in [0.15, 0.2) is 46.3 Å². The zero-order valence-electron chi connectivity index (χ0n) is 11.7. The number of benzene rings is 1. The minimum absolute atomic E-state index is 0.504. The van der Waals surface area contributed by atoms with Gasteiger partial charge >= 0.3 is 0 Å². The van der Waals surface area contributed by atoms with Gasteiger partial charge in [0.2, 0.25) is 0 Å². The van der Waals surface area contributed by atoms with Crippen LogP contribution in [0.5, 0.6) is 0 Å². The third-order valence-corrected chi connectivity index (χ3v) is 5.35. The van der Waals surface area contributed by atoms with Crippen LogP contribution in [0.4, 0.5) is 0 Å². The van der Waals surface area contributed by atoms with Gasteiger partial charge in [-0.1, -0.05) is 34.1 Å². The molecular weight excluding hydrogens is 330 g/mol. The molecule has 3 rings (SSSR count). The van der Waals surface area contributed by atoms with Gasteiger partial charge in [0, 0.05) is 21.4 Å². The van der Waals surface area contributed by atoms with Crippen molar-refractivity contribution in [1.82, 2.24) is 5.32 Å². The minimum Gasteiger partial charge on any atom is -0.306 e. The van der Waals surface area contributed by atoms with E-state index in [2.05, 4.69) is 69.9 Å². The van der Waals surface area contributed by atoms with Crippen LogP contribution in [-0.4, -0.2) is 6.04 Å². The summed E-state index contributed by atoms with van der Waals surface area (Å²) in [5.74, 6) is 0.848. The summed E-state index contributed by atoms with van der Waals surface area (Å²) >= 11 is 5.37. The molecule has 0 bridgehead atoms. The van der Waals surface area contributed by atoms with Crippen molar-refractivity contribution in [1.29, 1.82) is 0 Å². The molecule has 1 heterocycles. The van der Waals surface area contributed by atoms with Crippen LogP contribution in [0.3, 0.4) is 0 Å². The number of rotatable bonds is 6. The minimum atomic E-state index is 0.504. The fourth-order valence-electron chi connectivity index (χ4n) is 2.69. The van der Waals surface area contributed by atoms with E-state index in [1.165, 1.54) is 23.3 Å². The van der Waals surface area contributed by atoms with Crippen molar-refractivity contribution < 1.29 is 0 Å².